The average molecular weight is 601 g/mol. The molecule has 0 atom stereocenters. The average Bonchev–Trinajstić information content (AvgIpc) is 2.89. The number of hydrogen-bond acceptors (Lipinski definition) is 0. The van der Waals surface area contributed by atoms with E-state index in [0.717, 1.165) is 51.4 Å². The molecule has 0 heterocycles. The van der Waals surface area contributed by atoms with Gasteiger partial charge in [-0.25, -0.2) is 0 Å². The molecule has 0 aliphatic rings. The van der Waals surface area contributed by atoms with Crippen LogP contribution in [0.3, 0.4) is 0 Å². The van der Waals surface area contributed by atoms with Crippen molar-refractivity contribution in [2.24, 2.45) is 0 Å². The van der Waals surface area contributed by atoms with Gasteiger partial charge in [0.1, 0.15) is 0 Å². The predicted octanol–water partition coefficient (Wildman–Crippen LogP) is 13.0. The first-order valence-electron chi connectivity index (χ1n) is 13.7. The van der Waals surface area contributed by atoms with Crippen molar-refractivity contribution in [3.63, 3.8) is 0 Å². The van der Waals surface area contributed by atoms with Crippen LogP contribution in [0, 0.1) is 55.4 Å². The normalized spacial score (nSPS) is 6.86. The molecule has 0 saturated carbocycles. The molecule has 0 saturated heterocycles. The van der Waals surface area contributed by atoms with Gasteiger partial charge in [0.05, 0.1) is 0 Å². The molecule has 3 heteroatoms. The largest absolute Gasteiger partial charge is 4.00 e. The van der Waals surface area contributed by atoms with E-state index in [1.807, 2.05) is 0 Å². The van der Waals surface area contributed by atoms with E-state index >= 15 is 0 Å². The minimum absolute atomic E-state index is 0. The van der Waals surface area contributed by atoms with Crippen molar-refractivity contribution in [2.75, 3.05) is 0 Å². The predicted molar refractivity (Wildman–Crippen MR) is 162 cm³/mol. The standard InChI is InChI=1S/8C4H9.3Ti/c8*1-3-4-2;;;/h8*1,3-4H2,2H3;;;/q8*-1;2*+2;+4. The topological polar surface area (TPSA) is 0 Å². The van der Waals surface area contributed by atoms with E-state index in [9.17, 15) is 0 Å². The van der Waals surface area contributed by atoms with Gasteiger partial charge < -0.3 is 55.4 Å². The van der Waals surface area contributed by atoms with Gasteiger partial charge in [-0.15, -0.1) is 0 Å². The molecular formula is C32H72Ti3. The fraction of sp³-hybridized carbons (Fsp3) is 0.750. The summed E-state index contributed by atoms with van der Waals surface area (Å²) in [6.45, 7) is 45.8. The molecule has 0 rings (SSSR count). The summed E-state index contributed by atoms with van der Waals surface area (Å²) in [7, 11) is 0. The fourth-order valence-electron chi connectivity index (χ4n) is 0. The molecule has 0 aromatic rings. The fourth-order valence-corrected chi connectivity index (χ4v) is 0. The summed E-state index contributed by atoms with van der Waals surface area (Å²) in [6, 6.07) is 0. The van der Waals surface area contributed by atoms with E-state index < -0.39 is 0 Å². The van der Waals surface area contributed by atoms with Gasteiger partial charge in [0.2, 0.25) is 0 Å². The summed E-state index contributed by atoms with van der Waals surface area (Å²) in [5, 5.41) is 0. The SMILES string of the molecule is [CH2-]CCC.[CH2-]CCC.[CH2-]CCC.[CH2-]CCC.[CH2-]CCC.[CH2-]CCC.[CH2-]CCC.[CH2-]CCC.[Ti+2].[Ti+2].[Ti+4]. The molecule has 0 aliphatic heterocycles. The summed E-state index contributed by atoms with van der Waals surface area (Å²) < 4.78 is 0. The first-order valence-corrected chi connectivity index (χ1v) is 13.7. The number of unbranched alkanes of at least 4 members (excludes halogenated alkanes) is 8. The first-order chi connectivity index (χ1) is 15.3. The summed E-state index contributed by atoms with van der Waals surface area (Å²) in [4.78, 5) is 0. The molecule has 0 aromatic carbocycles. The van der Waals surface area contributed by atoms with E-state index in [1.54, 1.807) is 0 Å². The smallest absolute Gasteiger partial charge is 0.343 e. The van der Waals surface area contributed by atoms with E-state index in [1.165, 1.54) is 51.4 Å². The maximum atomic E-state index is 3.60. The third kappa shape index (κ3) is 410. The Morgan fingerprint density at radius 2 is 0.286 bits per heavy atom. The van der Waals surface area contributed by atoms with Crippen LogP contribution in [0.1, 0.15) is 158 Å². The van der Waals surface area contributed by atoms with Crippen LogP contribution in [0.15, 0.2) is 0 Å². The van der Waals surface area contributed by atoms with Gasteiger partial charge in [-0.3, -0.25) is 0 Å². The Hall–Kier alpha value is 2.14. The van der Waals surface area contributed by atoms with Crippen LogP contribution in [-0.4, -0.2) is 0 Å². The quantitative estimate of drug-likeness (QED) is 0.192. The molecule has 35 heavy (non-hydrogen) atoms. The minimum Gasteiger partial charge on any atom is -0.343 e. The van der Waals surface area contributed by atoms with Gasteiger partial charge in [-0.05, 0) is 0 Å². The Morgan fingerprint density at radius 1 is 0.257 bits per heavy atom. The molecule has 0 fully saturated rings. The Bertz CT molecular complexity index is 78.8. The van der Waals surface area contributed by atoms with Crippen LogP contribution in [0.2, 0.25) is 0 Å². The molecule has 0 unspecified atom stereocenters. The van der Waals surface area contributed by atoms with Gasteiger partial charge in [0.25, 0.3) is 0 Å². The Balaban J connectivity index is -0.0000000206. The van der Waals surface area contributed by atoms with Gasteiger partial charge in [0, 0.05) is 0 Å². The second kappa shape index (κ2) is 136. The maximum Gasteiger partial charge on any atom is 4.00 e. The molecular weight excluding hydrogens is 528 g/mol. The molecule has 212 valence electrons. The molecule has 0 bridgehead atoms. The molecule has 0 nitrogen and oxygen atoms in total. The van der Waals surface area contributed by atoms with Gasteiger partial charge in [-0.1, -0.05) is 107 Å². The number of rotatable bonds is 8. The van der Waals surface area contributed by atoms with Crippen molar-refractivity contribution in [3.05, 3.63) is 55.4 Å². The van der Waals surface area contributed by atoms with Crippen LogP contribution in [-0.2, 0) is 65.2 Å². The van der Waals surface area contributed by atoms with Crippen LogP contribution in [0.4, 0.5) is 0 Å². The number of hydrogen-bond donors (Lipinski definition) is 0. The van der Waals surface area contributed by atoms with Crippen molar-refractivity contribution in [1.29, 1.82) is 0 Å². The van der Waals surface area contributed by atoms with Crippen molar-refractivity contribution in [1.82, 2.24) is 0 Å². The van der Waals surface area contributed by atoms with Crippen LogP contribution < -0.4 is 0 Å². The third-order valence-electron chi connectivity index (χ3n) is 2.83. The summed E-state index contributed by atoms with van der Waals surface area (Å²) >= 11 is 0. The molecule has 0 spiro atoms. The zero-order valence-electron chi connectivity index (χ0n) is 26.5. The van der Waals surface area contributed by atoms with E-state index in [2.05, 4.69) is 111 Å². The Kier molecular flexibility index (Phi) is 275. The van der Waals surface area contributed by atoms with Crippen molar-refractivity contribution in [3.8, 4) is 0 Å². The van der Waals surface area contributed by atoms with E-state index in [4.69, 9.17) is 0 Å². The summed E-state index contributed by atoms with van der Waals surface area (Å²) in [5.41, 5.74) is 0. The van der Waals surface area contributed by atoms with Crippen LogP contribution in [0.5, 0.6) is 0 Å². The minimum atomic E-state index is 0. The van der Waals surface area contributed by atoms with Gasteiger partial charge >= 0.3 is 65.2 Å². The Morgan fingerprint density at radius 3 is 0.286 bits per heavy atom. The summed E-state index contributed by atoms with van der Waals surface area (Å²) in [6.07, 6.45) is 18.2. The van der Waals surface area contributed by atoms with E-state index in [-0.39, 0.29) is 65.2 Å². The van der Waals surface area contributed by atoms with E-state index in [0.29, 0.717) is 0 Å². The maximum absolute atomic E-state index is 3.60. The monoisotopic (exact) mass is 600 g/mol. The zero-order valence-corrected chi connectivity index (χ0v) is 31.2. The van der Waals surface area contributed by atoms with Crippen molar-refractivity contribution >= 4 is 0 Å². The van der Waals surface area contributed by atoms with Crippen LogP contribution in [0.25, 0.3) is 0 Å². The third-order valence-corrected chi connectivity index (χ3v) is 2.83. The van der Waals surface area contributed by atoms with Gasteiger partial charge in [-0.2, -0.15) is 51.4 Å². The van der Waals surface area contributed by atoms with Gasteiger partial charge in [0.15, 0.2) is 0 Å². The molecule has 0 aliphatic carbocycles. The summed E-state index contributed by atoms with van der Waals surface area (Å²) in [5.74, 6) is 0. The molecule has 0 amide bonds. The van der Waals surface area contributed by atoms with Crippen molar-refractivity contribution < 1.29 is 65.2 Å². The van der Waals surface area contributed by atoms with Crippen molar-refractivity contribution in [2.45, 2.75) is 158 Å². The Labute approximate surface area is 276 Å². The second-order valence-electron chi connectivity index (χ2n) is 6.83. The molecule has 0 aromatic heterocycles. The first kappa shape index (κ1) is 71.0. The van der Waals surface area contributed by atoms with Crippen LogP contribution >= 0.6 is 0 Å². The molecule has 0 N–H and O–H groups in total. The second-order valence-corrected chi connectivity index (χ2v) is 6.83. The zero-order chi connectivity index (χ0) is 27.3. The molecule has 0 radical (unpaired) electrons.